The summed E-state index contributed by atoms with van der Waals surface area (Å²) in [6.07, 6.45) is 0.145. The van der Waals surface area contributed by atoms with Crippen molar-refractivity contribution >= 4 is 32.3 Å². The Labute approximate surface area is 157 Å². The Hall–Kier alpha value is -2.77. The predicted octanol–water partition coefficient (Wildman–Crippen LogP) is 0.0703. The van der Waals surface area contributed by atoms with Crippen molar-refractivity contribution in [1.29, 1.82) is 0 Å². The highest BCUT2D eigenvalue weighted by atomic mass is 28.1. The van der Waals surface area contributed by atoms with Crippen LogP contribution in [0.5, 0.6) is 0 Å². The Kier molecular flexibility index (Phi) is 3.26. The van der Waals surface area contributed by atoms with E-state index in [0.29, 0.717) is 23.4 Å². The summed E-state index contributed by atoms with van der Waals surface area (Å²) in [6.45, 7) is 2.07. The highest BCUT2D eigenvalue weighted by Gasteiger charge is 2.45. The number of hydrogen-bond donors (Lipinski definition) is 1. The van der Waals surface area contributed by atoms with Gasteiger partial charge in [0.05, 0.1) is 29.0 Å². The highest BCUT2D eigenvalue weighted by molar-refractivity contribution is 6.40. The van der Waals surface area contributed by atoms with Gasteiger partial charge in [0, 0.05) is 15.8 Å². The molecule has 0 saturated carbocycles. The molecule has 3 aromatic rings. The van der Waals surface area contributed by atoms with Crippen LogP contribution in [0.15, 0.2) is 35.1 Å². The number of pyridine rings is 2. The zero-order valence-corrected chi connectivity index (χ0v) is 17.1. The molecule has 6 nitrogen and oxygen atoms in total. The van der Waals surface area contributed by atoms with E-state index in [-0.39, 0.29) is 18.6 Å². The molecule has 4 heterocycles. The fourth-order valence-corrected chi connectivity index (χ4v) is 5.05. The lowest BCUT2D eigenvalue weighted by atomic mass is 9.86. The molecule has 1 N–H and O–H groups in total. The van der Waals surface area contributed by atoms with Crippen LogP contribution in [0.1, 0.15) is 30.0 Å². The van der Waals surface area contributed by atoms with E-state index in [1.165, 1.54) is 5.19 Å². The Morgan fingerprint density at radius 3 is 2.85 bits per heavy atom. The SMILES string of the molecule is CC[C@@]1(O)C(=O)OCc2c1cc1n(c2=O)Cc2c-1nc1ccccc1c2[SiH3]. The highest BCUT2D eigenvalue weighted by Crippen LogP contribution is 2.37. The largest absolute Gasteiger partial charge is 0.458 e. The maximum atomic E-state index is 13.1. The average Bonchev–Trinajstić information content (AvgIpc) is 3.05. The number of carbonyl (C=O) groups is 1. The summed E-state index contributed by atoms with van der Waals surface area (Å²) in [7, 11) is 0.832. The van der Waals surface area contributed by atoms with Crippen molar-refractivity contribution in [3.05, 3.63) is 57.4 Å². The second-order valence-corrected chi connectivity index (χ2v) is 8.18. The maximum absolute atomic E-state index is 13.1. The Bertz CT molecular complexity index is 1220. The van der Waals surface area contributed by atoms with Crippen LogP contribution in [-0.4, -0.2) is 30.9 Å². The zero-order chi connectivity index (χ0) is 18.9. The number of hydrogen-bond acceptors (Lipinski definition) is 5. The molecule has 0 bridgehead atoms. The molecule has 1 aromatic carbocycles. The maximum Gasteiger partial charge on any atom is 0.343 e. The minimum Gasteiger partial charge on any atom is -0.458 e. The smallest absolute Gasteiger partial charge is 0.343 e. The molecule has 27 heavy (non-hydrogen) atoms. The van der Waals surface area contributed by atoms with E-state index in [1.807, 2.05) is 18.2 Å². The van der Waals surface area contributed by atoms with E-state index in [1.54, 1.807) is 17.6 Å². The van der Waals surface area contributed by atoms with Crippen molar-refractivity contribution in [1.82, 2.24) is 9.55 Å². The van der Waals surface area contributed by atoms with Gasteiger partial charge in [-0.1, -0.05) is 30.3 Å². The van der Waals surface area contributed by atoms with Crippen LogP contribution in [0.25, 0.3) is 22.3 Å². The van der Waals surface area contributed by atoms with E-state index in [0.717, 1.165) is 32.4 Å². The molecule has 2 aliphatic rings. The van der Waals surface area contributed by atoms with Crippen LogP contribution in [-0.2, 0) is 28.3 Å². The first-order valence-corrected chi connectivity index (χ1v) is 10.0. The topological polar surface area (TPSA) is 81.4 Å². The number of cyclic esters (lactones) is 1. The molecule has 0 spiro atoms. The molecule has 2 aliphatic heterocycles. The molecule has 1 atom stereocenters. The van der Waals surface area contributed by atoms with Gasteiger partial charge in [-0.05, 0) is 29.5 Å². The second-order valence-electron chi connectivity index (χ2n) is 7.18. The summed E-state index contributed by atoms with van der Waals surface area (Å²) in [5.41, 5.74) is 2.10. The fourth-order valence-electron chi connectivity index (χ4n) is 4.23. The molecule has 0 fully saturated rings. The van der Waals surface area contributed by atoms with Gasteiger partial charge < -0.3 is 14.4 Å². The molecular weight excluding hydrogens is 360 g/mol. The summed E-state index contributed by atoms with van der Waals surface area (Å²) >= 11 is 0. The Morgan fingerprint density at radius 2 is 2.07 bits per heavy atom. The van der Waals surface area contributed by atoms with E-state index in [4.69, 9.17) is 9.72 Å². The number of para-hydroxylation sites is 1. The lowest BCUT2D eigenvalue weighted by Gasteiger charge is -2.31. The first-order valence-electron chi connectivity index (χ1n) is 9.01. The number of esters is 1. The number of carbonyl (C=O) groups excluding carboxylic acids is 1. The number of nitrogens with zero attached hydrogens (tertiary/aromatic N) is 2. The van der Waals surface area contributed by atoms with Crippen LogP contribution in [0.4, 0.5) is 0 Å². The van der Waals surface area contributed by atoms with Gasteiger partial charge >= 0.3 is 5.97 Å². The number of fused-ring (bicyclic) bond motifs is 5. The monoisotopic (exact) mass is 378 g/mol. The van der Waals surface area contributed by atoms with Gasteiger partial charge in [0.1, 0.15) is 6.61 Å². The third-order valence-corrected chi connectivity index (χ3v) is 7.02. The Morgan fingerprint density at radius 1 is 1.30 bits per heavy atom. The molecule has 7 heteroatoms. The quantitative estimate of drug-likeness (QED) is 0.375. The minimum absolute atomic E-state index is 0.102. The van der Waals surface area contributed by atoms with Crippen molar-refractivity contribution in [2.75, 3.05) is 0 Å². The molecule has 0 radical (unpaired) electrons. The Balaban J connectivity index is 1.84. The third-order valence-electron chi connectivity index (χ3n) is 5.88. The number of ether oxygens (including phenoxy) is 1. The third kappa shape index (κ3) is 2.01. The molecular formula is C20H18N2O4Si. The van der Waals surface area contributed by atoms with E-state index >= 15 is 0 Å². The van der Waals surface area contributed by atoms with Crippen LogP contribution >= 0.6 is 0 Å². The van der Waals surface area contributed by atoms with Crippen LogP contribution in [0, 0.1) is 0 Å². The summed E-state index contributed by atoms with van der Waals surface area (Å²) < 4.78 is 6.79. The standard InChI is InChI=1S/C20H18N2O4Si/c1-2-20(25)13-7-15-16-11(17(27)10-5-3-4-6-14(10)21-16)8-22(15)18(23)12(13)9-26-19(20)24/h3-7,25H,2,8-9H2,1,27H3/t20-/m0/s1. The van der Waals surface area contributed by atoms with Gasteiger partial charge in [-0.15, -0.1) is 0 Å². The van der Waals surface area contributed by atoms with Gasteiger partial charge in [0.15, 0.2) is 5.60 Å². The number of rotatable bonds is 1. The molecule has 0 amide bonds. The van der Waals surface area contributed by atoms with Crippen molar-refractivity contribution in [2.45, 2.75) is 32.1 Å². The van der Waals surface area contributed by atoms with E-state index in [2.05, 4.69) is 6.07 Å². The van der Waals surface area contributed by atoms with Crippen LogP contribution in [0.2, 0.25) is 0 Å². The summed E-state index contributed by atoms with van der Waals surface area (Å²) in [5.74, 6) is -0.699. The van der Waals surface area contributed by atoms with Gasteiger partial charge in [-0.2, -0.15) is 0 Å². The van der Waals surface area contributed by atoms with Crippen molar-refractivity contribution in [2.24, 2.45) is 0 Å². The van der Waals surface area contributed by atoms with Crippen molar-refractivity contribution in [3.63, 3.8) is 0 Å². The second kappa shape index (κ2) is 5.37. The molecule has 2 aromatic heterocycles. The molecule has 0 saturated heterocycles. The van der Waals surface area contributed by atoms with E-state index < -0.39 is 11.6 Å². The fraction of sp³-hybridized carbons (Fsp3) is 0.250. The summed E-state index contributed by atoms with van der Waals surface area (Å²) in [4.78, 5) is 30.1. The average molecular weight is 378 g/mol. The van der Waals surface area contributed by atoms with Gasteiger partial charge in [-0.3, -0.25) is 4.79 Å². The number of aromatic nitrogens is 2. The van der Waals surface area contributed by atoms with Gasteiger partial charge in [-0.25, -0.2) is 9.78 Å². The number of aliphatic hydroxyl groups is 1. The van der Waals surface area contributed by atoms with Crippen LogP contribution in [0.3, 0.4) is 0 Å². The van der Waals surface area contributed by atoms with Gasteiger partial charge in [0.25, 0.3) is 5.56 Å². The first-order chi connectivity index (χ1) is 13.0. The normalized spacial score (nSPS) is 20.3. The van der Waals surface area contributed by atoms with Gasteiger partial charge in [0.2, 0.25) is 0 Å². The zero-order valence-electron chi connectivity index (χ0n) is 15.1. The van der Waals surface area contributed by atoms with E-state index in [9.17, 15) is 14.7 Å². The predicted molar refractivity (Wildman–Crippen MR) is 104 cm³/mol. The van der Waals surface area contributed by atoms with Crippen molar-refractivity contribution in [3.8, 4) is 11.4 Å². The summed E-state index contributed by atoms with van der Waals surface area (Å²) in [5, 5.41) is 13.2. The minimum atomic E-state index is -1.79. The van der Waals surface area contributed by atoms with Crippen LogP contribution < -0.4 is 10.7 Å². The lowest BCUT2D eigenvalue weighted by Crippen LogP contribution is -2.44. The molecule has 136 valence electrons. The molecule has 0 unspecified atom stereocenters. The summed E-state index contributed by atoms with van der Waals surface area (Å²) in [6, 6.07) is 9.73. The first kappa shape index (κ1) is 16.4. The number of benzene rings is 1. The lowest BCUT2D eigenvalue weighted by molar-refractivity contribution is -0.172. The molecule has 5 rings (SSSR count). The van der Waals surface area contributed by atoms with Crippen molar-refractivity contribution < 1.29 is 14.6 Å². The molecule has 0 aliphatic carbocycles.